The third kappa shape index (κ3) is 1.18. The molecule has 1 aliphatic heterocycles. The van der Waals surface area contributed by atoms with Gasteiger partial charge < -0.3 is 10.6 Å². The molecule has 0 spiro atoms. The summed E-state index contributed by atoms with van der Waals surface area (Å²) in [6.07, 6.45) is 5.97. The molecule has 2 aliphatic carbocycles. The van der Waals surface area contributed by atoms with Crippen molar-refractivity contribution in [3.8, 4) is 0 Å². The summed E-state index contributed by atoms with van der Waals surface area (Å²) in [6, 6.07) is 0.513. The van der Waals surface area contributed by atoms with Crippen LogP contribution in [0.5, 0.6) is 0 Å². The van der Waals surface area contributed by atoms with E-state index in [0.29, 0.717) is 17.9 Å². The number of hydrogen-bond donors (Lipinski definition) is 2. The predicted octanol–water partition coefficient (Wildman–Crippen LogP) is 0.655. The highest BCUT2D eigenvalue weighted by molar-refractivity contribution is 5.84. The van der Waals surface area contributed by atoms with Gasteiger partial charge in [0.05, 0.1) is 5.41 Å². The van der Waals surface area contributed by atoms with Crippen molar-refractivity contribution >= 4 is 5.91 Å². The van der Waals surface area contributed by atoms with Crippen LogP contribution in [0, 0.1) is 11.3 Å². The molecule has 3 rings (SSSR count). The standard InChI is InChI=1S/C11H18N2O/c14-10(13-9-3-4-9)11-5-1-2-8(11)6-12-7-11/h8-9,12H,1-7H2,(H,13,14)/t8-,11-/m1/s1. The minimum atomic E-state index is -0.0252. The maximum atomic E-state index is 12.1. The summed E-state index contributed by atoms with van der Waals surface area (Å²) in [5.74, 6) is 0.953. The molecule has 1 heterocycles. The van der Waals surface area contributed by atoms with Crippen LogP contribution >= 0.6 is 0 Å². The molecule has 3 aliphatic rings. The van der Waals surface area contributed by atoms with Gasteiger partial charge in [0.2, 0.25) is 5.91 Å². The number of carbonyl (C=O) groups is 1. The molecular formula is C11H18N2O. The average molecular weight is 194 g/mol. The quantitative estimate of drug-likeness (QED) is 0.678. The van der Waals surface area contributed by atoms with Gasteiger partial charge in [0.1, 0.15) is 0 Å². The number of fused-ring (bicyclic) bond motifs is 1. The minimum Gasteiger partial charge on any atom is -0.353 e. The molecule has 2 N–H and O–H groups in total. The lowest BCUT2D eigenvalue weighted by atomic mass is 9.80. The zero-order valence-corrected chi connectivity index (χ0v) is 8.51. The van der Waals surface area contributed by atoms with E-state index in [1.165, 1.54) is 25.7 Å². The van der Waals surface area contributed by atoms with Crippen molar-refractivity contribution in [1.29, 1.82) is 0 Å². The summed E-state index contributed by atoms with van der Waals surface area (Å²) in [5, 5.41) is 6.56. The van der Waals surface area contributed by atoms with Crippen molar-refractivity contribution < 1.29 is 4.79 Å². The molecule has 0 aromatic heterocycles. The highest BCUT2D eigenvalue weighted by Crippen LogP contribution is 2.46. The molecule has 3 fully saturated rings. The third-order valence-electron chi connectivity index (χ3n) is 4.15. The first kappa shape index (κ1) is 8.72. The van der Waals surface area contributed by atoms with Crippen molar-refractivity contribution in [1.82, 2.24) is 10.6 Å². The fraction of sp³-hybridized carbons (Fsp3) is 0.909. The van der Waals surface area contributed by atoms with Crippen molar-refractivity contribution in [2.24, 2.45) is 11.3 Å². The Labute approximate surface area is 84.6 Å². The van der Waals surface area contributed by atoms with Crippen LogP contribution in [0.1, 0.15) is 32.1 Å². The second-order valence-electron chi connectivity index (χ2n) is 5.12. The zero-order chi connectivity index (χ0) is 9.60. The Kier molecular flexibility index (Phi) is 1.84. The predicted molar refractivity (Wildman–Crippen MR) is 53.8 cm³/mol. The zero-order valence-electron chi connectivity index (χ0n) is 8.51. The molecule has 0 unspecified atom stereocenters. The van der Waals surface area contributed by atoms with E-state index in [-0.39, 0.29) is 5.41 Å². The Hall–Kier alpha value is -0.570. The molecule has 1 saturated heterocycles. The molecule has 0 aromatic carbocycles. The first-order valence-electron chi connectivity index (χ1n) is 5.83. The van der Waals surface area contributed by atoms with Gasteiger partial charge in [-0.2, -0.15) is 0 Å². The summed E-state index contributed by atoms with van der Waals surface area (Å²) in [6.45, 7) is 1.97. The van der Waals surface area contributed by atoms with E-state index in [4.69, 9.17) is 0 Å². The van der Waals surface area contributed by atoms with E-state index in [0.717, 1.165) is 19.5 Å². The lowest BCUT2D eigenvalue weighted by molar-refractivity contribution is -0.131. The van der Waals surface area contributed by atoms with E-state index in [2.05, 4.69) is 10.6 Å². The Morgan fingerprint density at radius 2 is 2.21 bits per heavy atom. The van der Waals surface area contributed by atoms with Gasteiger partial charge in [0.25, 0.3) is 0 Å². The lowest BCUT2D eigenvalue weighted by Gasteiger charge is -2.26. The first-order valence-corrected chi connectivity index (χ1v) is 5.83. The van der Waals surface area contributed by atoms with Crippen molar-refractivity contribution in [2.75, 3.05) is 13.1 Å². The van der Waals surface area contributed by atoms with E-state index in [1.54, 1.807) is 0 Å². The van der Waals surface area contributed by atoms with Crippen LogP contribution in [-0.4, -0.2) is 25.0 Å². The van der Waals surface area contributed by atoms with Crippen LogP contribution in [0.2, 0.25) is 0 Å². The highest BCUT2D eigenvalue weighted by atomic mass is 16.2. The van der Waals surface area contributed by atoms with Gasteiger partial charge in [-0.3, -0.25) is 4.79 Å². The van der Waals surface area contributed by atoms with Gasteiger partial charge in [0, 0.05) is 12.6 Å². The van der Waals surface area contributed by atoms with Crippen LogP contribution in [0.3, 0.4) is 0 Å². The summed E-state index contributed by atoms with van der Waals surface area (Å²) in [4.78, 5) is 12.1. The maximum absolute atomic E-state index is 12.1. The van der Waals surface area contributed by atoms with Crippen molar-refractivity contribution in [3.05, 3.63) is 0 Å². The normalized spacial score (nSPS) is 41.0. The van der Waals surface area contributed by atoms with Gasteiger partial charge in [-0.1, -0.05) is 6.42 Å². The summed E-state index contributed by atoms with van der Waals surface area (Å²) < 4.78 is 0. The Bertz CT molecular complexity index is 250. The van der Waals surface area contributed by atoms with Crippen LogP contribution < -0.4 is 10.6 Å². The Morgan fingerprint density at radius 1 is 1.36 bits per heavy atom. The SMILES string of the molecule is O=C(NC1CC1)[C@@]12CCC[C@@H]1CNC2. The van der Waals surface area contributed by atoms with Crippen LogP contribution in [-0.2, 0) is 4.79 Å². The number of rotatable bonds is 2. The fourth-order valence-electron chi connectivity index (χ4n) is 3.08. The summed E-state index contributed by atoms with van der Waals surface area (Å²) in [7, 11) is 0. The molecule has 1 amide bonds. The van der Waals surface area contributed by atoms with Crippen LogP contribution in [0.4, 0.5) is 0 Å². The maximum Gasteiger partial charge on any atom is 0.228 e. The molecule has 14 heavy (non-hydrogen) atoms. The number of amides is 1. The molecule has 2 atom stereocenters. The van der Waals surface area contributed by atoms with Gasteiger partial charge >= 0.3 is 0 Å². The van der Waals surface area contributed by atoms with Crippen LogP contribution in [0.25, 0.3) is 0 Å². The second kappa shape index (κ2) is 2.96. The Morgan fingerprint density at radius 3 is 3.00 bits per heavy atom. The molecule has 3 heteroatoms. The van der Waals surface area contributed by atoms with E-state index < -0.39 is 0 Å². The summed E-state index contributed by atoms with van der Waals surface area (Å²) >= 11 is 0. The van der Waals surface area contributed by atoms with E-state index >= 15 is 0 Å². The van der Waals surface area contributed by atoms with Gasteiger partial charge in [-0.15, -0.1) is 0 Å². The lowest BCUT2D eigenvalue weighted by Crippen LogP contribution is -2.44. The van der Waals surface area contributed by atoms with Gasteiger partial charge in [-0.25, -0.2) is 0 Å². The molecule has 78 valence electrons. The van der Waals surface area contributed by atoms with Crippen LogP contribution in [0.15, 0.2) is 0 Å². The number of hydrogen-bond acceptors (Lipinski definition) is 2. The van der Waals surface area contributed by atoms with Gasteiger partial charge in [-0.05, 0) is 38.1 Å². The molecule has 0 aromatic rings. The Balaban J connectivity index is 1.75. The number of carbonyl (C=O) groups excluding carboxylic acids is 1. The van der Waals surface area contributed by atoms with E-state index in [9.17, 15) is 4.79 Å². The molecular weight excluding hydrogens is 176 g/mol. The van der Waals surface area contributed by atoms with E-state index in [1.807, 2.05) is 0 Å². The summed E-state index contributed by atoms with van der Waals surface area (Å²) in [5.41, 5.74) is -0.0252. The van der Waals surface area contributed by atoms with Crippen molar-refractivity contribution in [3.63, 3.8) is 0 Å². The first-order chi connectivity index (χ1) is 6.81. The smallest absolute Gasteiger partial charge is 0.228 e. The highest BCUT2D eigenvalue weighted by Gasteiger charge is 2.52. The largest absolute Gasteiger partial charge is 0.353 e. The second-order valence-corrected chi connectivity index (χ2v) is 5.12. The monoisotopic (exact) mass is 194 g/mol. The van der Waals surface area contributed by atoms with Gasteiger partial charge in [0.15, 0.2) is 0 Å². The molecule has 3 nitrogen and oxygen atoms in total. The molecule has 2 saturated carbocycles. The molecule has 0 bridgehead atoms. The van der Waals surface area contributed by atoms with Crippen molar-refractivity contribution in [2.45, 2.75) is 38.1 Å². The number of nitrogens with one attached hydrogen (secondary N) is 2. The topological polar surface area (TPSA) is 41.1 Å². The average Bonchev–Trinajstić information content (AvgIpc) is 2.75. The minimum absolute atomic E-state index is 0.0252. The fourth-order valence-corrected chi connectivity index (χ4v) is 3.08. The molecule has 0 radical (unpaired) electrons. The third-order valence-corrected chi connectivity index (χ3v) is 4.15.